The fraction of sp³-hybridized carbons (Fsp3) is 0.278. The van der Waals surface area contributed by atoms with Crippen LogP contribution in [0.15, 0.2) is 42.6 Å². The Hall–Kier alpha value is -2.83. The van der Waals surface area contributed by atoms with Gasteiger partial charge in [0.05, 0.1) is 7.11 Å². The molecule has 1 amide bonds. The van der Waals surface area contributed by atoms with Crippen molar-refractivity contribution in [1.29, 1.82) is 0 Å². The first-order valence-corrected chi connectivity index (χ1v) is 7.73. The fourth-order valence-electron chi connectivity index (χ4n) is 2.33. The number of carbonyl (C=O) groups is 2. The van der Waals surface area contributed by atoms with Gasteiger partial charge in [0.2, 0.25) is 5.91 Å². The number of hydrogen-bond donors (Lipinski definition) is 1. The van der Waals surface area contributed by atoms with Gasteiger partial charge in [0, 0.05) is 23.9 Å². The van der Waals surface area contributed by atoms with E-state index in [9.17, 15) is 18.4 Å². The number of aryl methyl sites for hydroxylation is 1. The molecule has 1 aromatic carbocycles. The number of pyridine rings is 1. The molecular formula is C18H18F2N2O3. The molecule has 7 heteroatoms. The van der Waals surface area contributed by atoms with Gasteiger partial charge in [0.15, 0.2) is 6.04 Å². The molecule has 1 atom stereocenters. The molecule has 25 heavy (non-hydrogen) atoms. The van der Waals surface area contributed by atoms with Crippen molar-refractivity contribution in [2.24, 2.45) is 0 Å². The molecule has 2 aromatic rings. The summed E-state index contributed by atoms with van der Waals surface area (Å²) in [6.45, 7) is 0. The lowest BCUT2D eigenvalue weighted by Crippen LogP contribution is -2.35. The number of methoxy groups -OCH3 is 1. The molecule has 1 N–H and O–H groups in total. The van der Waals surface area contributed by atoms with Crippen LogP contribution in [0.1, 0.15) is 30.1 Å². The third kappa shape index (κ3) is 5.34. The van der Waals surface area contributed by atoms with E-state index >= 15 is 0 Å². The van der Waals surface area contributed by atoms with Gasteiger partial charge >= 0.3 is 5.97 Å². The van der Waals surface area contributed by atoms with Crippen molar-refractivity contribution in [3.8, 4) is 0 Å². The average molecular weight is 348 g/mol. The summed E-state index contributed by atoms with van der Waals surface area (Å²) in [5.41, 5.74) is 0.570. The predicted octanol–water partition coefficient (Wildman–Crippen LogP) is 2.71. The Balaban J connectivity index is 2.00. The maximum Gasteiger partial charge on any atom is 0.333 e. The largest absolute Gasteiger partial charge is 0.467 e. The molecule has 0 fully saturated rings. The minimum absolute atomic E-state index is 0.112. The van der Waals surface area contributed by atoms with Crippen molar-refractivity contribution in [3.05, 3.63) is 65.5 Å². The Morgan fingerprint density at radius 2 is 2.04 bits per heavy atom. The van der Waals surface area contributed by atoms with Crippen molar-refractivity contribution in [2.45, 2.75) is 25.3 Å². The van der Waals surface area contributed by atoms with Crippen LogP contribution in [0.2, 0.25) is 0 Å². The van der Waals surface area contributed by atoms with Gasteiger partial charge in [-0.25, -0.2) is 13.6 Å². The number of nitrogens with zero attached hydrogens (tertiary/aromatic N) is 1. The molecule has 1 heterocycles. The number of hydrogen-bond acceptors (Lipinski definition) is 4. The van der Waals surface area contributed by atoms with Gasteiger partial charge in [0.1, 0.15) is 11.6 Å². The molecule has 0 radical (unpaired) electrons. The number of carbonyl (C=O) groups excluding carboxylic acids is 2. The van der Waals surface area contributed by atoms with Crippen LogP contribution >= 0.6 is 0 Å². The Labute approximate surface area is 144 Å². The maximum atomic E-state index is 13.9. The zero-order valence-corrected chi connectivity index (χ0v) is 13.7. The van der Waals surface area contributed by atoms with E-state index in [2.05, 4.69) is 15.0 Å². The third-order valence-electron chi connectivity index (χ3n) is 3.57. The molecule has 0 bridgehead atoms. The Bertz CT molecular complexity index is 738. The molecule has 2 rings (SSSR count). The van der Waals surface area contributed by atoms with Crippen molar-refractivity contribution in [1.82, 2.24) is 10.3 Å². The van der Waals surface area contributed by atoms with Crippen molar-refractivity contribution in [3.63, 3.8) is 0 Å². The summed E-state index contributed by atoms with van der Waals surface area (Å²) in [7, 11) is 1.11. The van der Waals surface area contributed by atoms with Crippen LogP contribution < -0.4 is 5.32 Å². The fourth-order valence-corrected chi connectivity index (χ4v) is 2.33. The second kappa shape index (κ2) is 8.86. The number of aromatic nitrogens is 1. The highest BCUT2D eigenvalue weighted by Crippen LogP contribution is 2.20. The highest BCUT2D eigenvalue weighted by atomic mass is 19.1. The summed E-state index contributed by atoms with van der Waals surface area (Å²) in [5.74, 6) is -2.85. The monoisotopic (exact) mass is 348 g/mol. The van der Waals surface area contributed by atoms with Gasteiger partial charge in [0.25, 0.3) is 0 Å². The Morgan fingerprint density at radius 3 is 2.72 bits per heavy atom. The van der Waals surface area contributed by atoms with E-state index in [1.54, 1.807) is 12.3 Å². The average Bonchev–Trinajstić information content (AvgIpc) is 2.62. The second-order valence-corrected chi connectivity index (χ2v) is 5.36. The van der Waals surface area contributed by atoms with E-state index in [4.69, 9.17) is 0 Å². The van der Waals surface area contributed by atoms with Crippen LogP contribution in [0.3, 0.4) is 0 Å². The standard InChI is InChI=1S/C18H18F2N2O3/c1-25-18(24)17(14-11-12(19)8-9-15(14)20)22-16(23)7-4-6-13-5-2-3-10-21-13/h2-3,5,8-11,17H,4,6-7H2,1H3,(H,22,23). The molecule has 0 spiro atoms. The van der Waals surface area contributed by atoms with Gasteiger partial charge in [-0.3, -0.25) is 9.78 Å². The van der Waals surface area contributed by atoms with Crippen molar-refractivity contribution >= 4 is 11.9 Å². The van der Waals surface area contributed by atoms with E-state index in [0.717, 1.165) is 31.0 Å². The van der Waals surface area contributed by atoms with Crippen LogP contribution in [-0.2, 0) is 20.7 Å². The zero-order chi connectivity index (χ0) is 18.2. The molecule has 0 saturated carbocycles. The topological polar surface area (TPSA) is 68.3 Å². The first kappa shape index (κ1) is 18.5. The Kier molecular flexibility index (Phi) is 6.56. The molecule has 0 aliphatic heterocycles. The first-order chi connectivity index (χ1) is 12.0. The second-order valence-electron chi connectivity index (χ2n) is 5.36. The highest BCUT2D eigenvalue weighted by Gasteiger charge is 2.26. The van der Waals surface area contributed by atoms with Crippen molar-refractivity contribution in [2.75, 3.05) is 7.11 Å². The van der Waals surface area contributed by atoms with Gasteiger partial charge in [-0.2, -0.15) is 0 Å². The number of halogens is 2. The Morgan fingerprint density at radius 1 is 1.24 bits per heavy atom. The van der Waals surface area contributed by atoms with E-state index in [0.29, 0.717) is 12.8 Å². The molecular weight excluding hydrogens is 330 g/mol. The predicted molar refractivity (Wildman–Crippen MR) is 86.4 cm³/mol. The van der Waals surface area contributed by atoms with Crippen LogP contribution in [-0.4, -0.2) is 24.0 Å². The lowest BCUT2D eigenvalue weighted by molar-refractivity contribution is -0.145. The van der Waals surface area contributed by atoms with Crippen LogP contribution in [0.25, 0.3) is 0 Å². The van der Waals surface area contributed by atoms with Crippen molar-refractivity contribution < 1.29 is 23.1 Å². The number of nitrogens with one attached hydrogen (secondary N) is 1. The molecule has 132 valence electrons. The summed E-state index contributed by atoms with van der Waals surface area (Å²) >= 11 is 0. The number of esters is 1. The summed E-state index contributed by atoms with van der Waals surface area (Å²) < 4.78 is 31.9. The molecule has 5 nitrogen and oxygen atoms in total. The lowest BCUT2D eigenvalue weighted by atomic mass is 10.1. The summed E-state index contributed by atoms with van der Waals surface area (Å²) in [4.78, 5) is 28.1. The minimum atomic E-state index is -1.40. The van der Waals surface area contributed by atoms with E-state index in [1.165, 1.54) is 0 Å². The molecule has 1 aromatic heterocycles. The quantitative estimate of drug-likeness (QED) is 0.781. The number of amides is 1. The summed E-state index contributed by atoms with van der Waals surface area (Å²) in [5, 5.41) is 2.40. The molecule has 1 unspecified atom stereocenters. The zero-order valence-electron chi connectivity index (χ0n) is 13.7. The van der Waals surface area contributed by atoms with E-state index < -0.39 is 29.6 Å². The van der Waals surface area contributed by atoms with E-state index in [-0.39, 0.29) is 12.0 Å². The number of rotatable bonds is 7. The number of ether oxygens (including phenoxy) is 1. The summed E-state index contributed by atoms with van der Waals surface area (Å²) in [6, 6.07) is 6.79. The molecule has 0 aliphatic carbocycles. The van der Waals surface area contributed by atoms with Crippen LogP contribution in [0, 0.1) is 11.6 Å². The van der Waals surface area contributed by atoms with Gasteiger partial charge in [-0.15, -0.1) is 0 Å². The van der Waals surface area contributed by atoms with Gasteiger partial charge < -0.3 is 10.1 Å². The molecule has 0 saturated heterocycles. The highest BCUT2D eigenvalue weighted by molar-refractivity contribution is 5.85. The lowest BCUT2D eigenvalue weighted by Gasteiger charge is -2.17. The minimum Gasteiger partial charge on any atom is -0.467 e. The maximum absolute atomic E-state index is 13.9. The van der Waals surface area contributed by atoms with Crippen LogP contribution in [0.5, 0.6) is 0 Å². The van der Waals surface area contributed by atoms with Gasteiger partial charge in [-0.05, 0) is 43.2 Å². The van der Waals surface area contributed by atoms with E-state index in [1.807, 2.05) is 12.1 Å². The SMILES string of the molecule is COC(=O)C(NC(=O)CCCc1ccccn1)c1cc(F)ccc1F. The smallest absolute Gasteiger partial charge is 0.333 e. The van der Waals surface area contributed by atoms with Crippen LogP contribution in [0.4, 0.5) is 8.78 Å². The first-order valence-electron chi connectivity index (χ1n) is 7.73. The third-order valence-corrected chi connectivity index (χ3v) is 3.57. The van der Waals surface area contributed by atoms with Gasteiger partial charge in [-0.1, -0.05) is 6.07 Å². The number of benzene rings is 1. The normalized spacial score (nSPS) is 11.6. The summed E-state index contributed by atoms with van der Waals surface area (Å²) in [6.07, 6.45) is 2.87. The molecule has 0 aliphatic rings.